The molecule has 7 heteroatoms. The number of benzene rings is 1. The molecule has 27 heavy (non-hydrogen) atoms. The number of hydrogen-bond donors (Lipinski definition) is 2. The first-order valence-corrected chi connectivity index (χ1v) is 10.3. The molecule has 3 heterocycles. The number of rotatable bonds is 5. The average molecular weight is 385 g/mol. The number of aromatic nitrogens is 1. The maximum Gasteiger partial charge on any atom is 0.237 e. The monoisotopic (exact) mass is 384 g/mol. The van der Waals surface area contributed by atoms with Crippen molar-refractivity contribution in [1.82, 2.24) is 9.88 Å². The molecule has 0 radical (unpaired) electrons. The maximum absolute atomic E-state index is 13.0. The van der Waals surface area contributed by atoms with Gasteiger partial charge in [-0.1, -0.05) is 31.5 Å². The van der Waals surface area contributed by atoms with Gasteiger partial charge in [-0.3, -0.25) is 9.59 Å². The predicted molar refractivity (Wildman–Crippen MR) is 107 cm³/mol. The van der Waals surface area contributed by atoms with Crippen LogP contribution in [0.4, 0.5) is 10.8 Å². The van der Waals surface area contributed by atoms with Crippen molar-refractivity contribution in [1.29, 1.82) is 0 Å². The minimum Gasteiger partial charge on any atom is -0.375 e. The van der Waals surface area contributed by atoms with Crippen LogP contribution in [0.5, 0.6) is 0 Å². The fraction of sp³-hybridized carbons (Fsp3) is 0.450. The van der Waals surface area contributed by atoms with Crippen molar-refractivity contribution in [2.24, 2.45) is 0 Å². The minimum atomic E-state index is -0.618. The molecular weight excluding hydrogens is 360 g/mol. The number of para-hydroxylation sites is 1. The van der Waals surface area contributed by atoms with Crippen LogP contribution in [0.2, 0.25) is 0 Å². The van der Waals surface area contributed by atoms with E-state index in [0.29, 0.717) is 30.9 Å². The van der Waals surface area contributed by atoms with Crippen molar-refractivity contribution < 1.29 is 9.59 Å². The predicted octanol–water partition coefficient (Wildman–Crippen LogP) is 2.95. The average Bonchev–Trinajstić information content (AvgIpc) is 3.32. The summed E-state index contributed by atoms with van der Waals surface area (Å²) >= 11 is 1.39. The molecule has 1 spiro atoms. The van der Waals surface area contributed by atoms with E-state index >= 15 is 0 Å². The number of anilines is 2. The van der Waals surface area contributed by atoms with Gasteiger partial charge in [0.15, 0.2) is 5.13 Å². The third-order valence-electron chi connectivity index (χ3n) is 5.80. The number of aryl methyl sites for hydroxylation is 1. The lowest BCUT2D eigenvalue weighted by molar-refractivity contribution is -0.133. The molecule has 142 valence electrons. The number of nitrogens with one attached hydrogen (secondary N) is 1. The highest BCUT2D eigenvalue weighted by atomic mass is 32.1. The Morgan fingerprint density at radius 2 is 2.26 bits per heavy atom. The molecule has 2 aliphatic heterocycles. The van der Waals surface area contributed by atoms with Crippen molar-refractivity contribution >= 4 is 34.0 Å². The van der Waals surface area contributed by atoms with E-state index in [1.165, 1.54) is 11.3 Å². The van der Waals surface area contributed by atoms with Gasteiger partial charge in [0.05, 0.1) is 17.2 Å². The largest absolute Gasteiger partial charge is 0.375 e. The molecule has 1 aromatic carbocycles. The zero-order valence-electron chi connectivity index (χ0n) is 15.4. The third kappa shape index (κ3) is 2.90. The number of hydrogen-bond acceptors (Lipinski definition) is 5. The fourth-order valence-corrected chi connectivity index (χ4v) is 5.19. The number of nitrogen functional groups attached to an aromatic ring is 1. The summed E-state index contributed by atoms with van der Waals surface area (Å²) in [7, 11) is 0. The van der Waals surface area contributed by atoms with E-state index in [-0.39, 0.29) is 17.9 Å². The van der Waals surface area contributed by atoms with Gasteiger partial charge >= 0.3 is 0 Å². The fourth-order valence-electron chi connectivity index (χ4n) is 4.59. The summed E-state index contributed by atoms with van der Waals surface area (Å²) in [6.07, 6.45) is 3.39. The molecule has 4 rings (SSSR count). The molecule has 0 unspecified atom stereocenters. The van der Waals surface area contributed by atoms with Gasteiger partial charge in [0.25, 0.3) is 0 Å². The van der Waals surface area contributed by atoms with Gasteiger partial charge in [-0.25, -0.2) is 4.98 Å². The summed E-state index contributed by atoms with van der Waals surface area (Å²) in [4.78, 5) is 32.2. The number of fused-ring (bicyclic) bond motifs is 2. The van der Waals surface area contributed by atoms with Crippen LogP contribution in [-0.2, 0) is 21.4 Å². The van der Waals surface area contributed by atoms with Crippen LogP contribution in [0.15, 0.2) is 29.6 Å². The molecule has 1 aromatic heterocycles. The van der Waals surface area contributed by atoms with Crippen LogP contribution in [0, 0.1) is 0 Å². The molecule has 0 saturated carbocycles. The van der Waals surface area contributed by atoms with Crippen molar-refractivity contribution in [2.45, 2.75) is 50.5 Å². The summed E-state index contributed by atoms with van der Waals surface area (Å²) in [5.74, 6) is 0.124. The van der Waals surface area contributed by atoms with Gasteiger partial charge in [0, 0.05) is 24.0 Å². The van der Waals surface area contributed by atoms with E-state index in [1.54, 1.807) is 0 Å². The first kappa shape index (κ1) is 18.0. The van der Waals surface area contributed by atoms with Crippen LogP contribution >= 0.6 is 11.3 Å². The van der Waals surface area contributed by atoms with Crippen molar-refractivity contribution in [3.05, 3.63) is 40.9 Å². The number of likely N-dealkylation sites (tertiary alicyclic amines) is 1. The summed E-state index contributed by atoms with van der Waals surface area (Å²) in [6, 6.07) is 7.79. The Balaban J connectivity index is 1.58. The van der Waals surface area contributed by atoms with E-state index in [4.69, 9.17) is 5.73 Å². The molecular formula is C20H24N4O2S. The standard InChI is InChI=1S/C20H24N4O2S/c1-2-5-16-20(14-6-3-4-7-15(14)23-18(20)26)10-11-24(16)17(25)9-8-13-12-27-19(21)22-13/h3-4,6-7,12,16H,2,5,8-11H2,1H3,(H2,21,22)(H,23,26)/t16-,20+/m0/s1. The first-order chi connectivity index (χ1) is 13.1. The SMILES string of the molecule is CCC[C@@H]1N(C(=O)CCc2csc(N)n2)CC[C@]12C(=O)Nc1ccccc12. The molecule has 2 aliphatic rings. The quantitative estimate of drug-likeness (QED) is 0.830. The first-order valence-electron chi connectivity index (χ1n) is 9.46. The van der Waals surface area contributed by atoms with Crippen LogP contribution in [0.25, 0.3) is 0 Å². The molecule has 0 bridgehead atoms. The smallest absolute Gasteiger partial charge is 0.237 e. The van der Waals surface area contributed by atoms with E-state index in [0.717, 1.165) is 29.8 Å². The van der Waals surface area contributed by atoms with Gasteiger partial charge in [0.1, 0.15) is 0 Å². The number of carbonyl (C=O) groups excluding carboxylic acids is 2. The maximum atomic E-state index is 13.0. The highest BCUT2D eigenvalue weighted by Gasteiger charge is 2.58. The number of amides is 2. The Morgan fingerprint density at radius 1 is 1.44 bits per heavy atom. The lowest BCUT2D eigenvalue weighted by atomic mass is 9.73. The zero-order valence-corrected chi connectivity index (χ0v) is 16.2. The van der Waals surface area contributed by atoms with Crippen LogP contribution < -0.4 is 11.1 Å². The van der Waals surface area contributed by atoms with Gasteiger partial charge < -0.3 is 16.0 Å². The van der Waals surface area contributed by atoms with Gasteiger partial charge in [-0.2, -0.15) is 0 Å². The lowest BCUT2D eigenvalue weighted by Gasteiger charge is -2.34. The second kappa shape index (κ2) is 6.96. The molecule has 0 aliphatic carbocycles. The van der Waals surface area contributed by atoms with E-state index in [9.17, 15) is 9.59 Å². The molecule has 6 nitrogen and oxygen atoms in total. The Bertz CT molecular complexity index is 880. The summed E-state index contributed by atoms with van der Waals surface area (Å²) in [5, 5.41) is 5.47. The van der Waals surface area contributed by atoms with Gasteiger partial charge in [-0.15, -0.1) is 11.3 Å². The second-order valence-electron chi connectivity index (χ2n) is 7.29. The van der Waals surface area contributed by atoms with Crippen LogP contribution in [0.1, 0.15) is 43.9 Å². The Kier molecular flexibility index (Phi) is 4.63. The normalized spacial score (nSPS) is 23.7. The van der Waals surface area contributed by atoms with Crippen molar-refractivity contribution in [2.75, 3.05) is 17.6 Å². The van der Waals surface area contributed by atoms with Crippen LogP contribution in [-0.4, -0.2) is 34.3 Å². The summed E-state index contributed by atoms with van der Waals surface area (Å²) in [6.45, 7) is 2.72. The van der Waals surface area contributed by atoms with E-state index < -0.39 is 5.41 Å². The van der Waals surface area contributed by atoms with E-state index in [1.807, 2.05) is 34.5 Å². The Hall–Kier alpha value is -2.41. The second-order valence-corrected chi connectivity index (χ2v) is 8.18. The highest BCUT2D eigenvalue weighted by Crippen LogP contribution is 2.49. The van der Waals surface area contributed by atoms with Crippen molar-refractivity contribution in [3.8, 4) is 0 Å². The van der Waals surface area contributed by atoms with Gasteiger partial charge in [0.2, 0.25) is 11.8 Å². The summed E-state index contributed by atoms with van der Waals surface area (Å²) in [5.41, 5.74) is 7.84. The number of carbonyl (C=O) groups is 2. The van der Waals surface area contributed by atoms with E-state index in [2.05, 4.69) is 17.2 Å². The van der Waals surface area contributed by atoms with Crippen LogP contribution in [0.3, 0.4) is 0 Å². The minimum absolute atomic E-state index is 0.0322. The third-order valence-corrected chi connectivity index (χ3v) is 6.52. The van der Waals surface area contributed by atoms with Gasteiger partial charge in [-0.05, 0) is 30.9 Å². The number of nitrogens with two attached hydrogens (primary N) is 1. The molecule has 3 N–H and O–H groups in total. The molecule has 2 aromatic rings. The molecule has 2 atom stereocenters. The summed E-state index contributed by atoms with van der Waals surface area (Å²) < 4.78 is 0. The zero-order chi connectivity index (χ0) is 19.0. The topological polar surface area (TPSA) is 88.3 Å². The number of nitrogens with zero attached hydrogens (tertiary/aromatic N) is 2. The lowest BCUT2D eigenvalue weighted by Crippen LogP contribution is -2.48. The molecule has 2 amide bonds. The number of thiazole rings is 1. The van der Waals surface area contributed by atoms with Crippen molar-refractivity contribution in [3.63, 3.8) is 0 Å². The Labute approximate surface area is 162 Å². The molecule has 1 saturated heterocycles. The Morgan fingerprint density at radius 3 is 3.00 bits per heavy atom. The highest BCUT2D eigenvalue weighted by molar-refractivity contribution is 7.13. The molecule has 1 fully saturated rings.